The minimum atomic E-state index is -0.306. The molecule has 158 valence electrons. The first kappa shape index (κ1) is 21.5. The fourth-order valence-electron chi connectivity index (χ4n) is 2.96. The molecule has 1 saturated heterocycles. The summed E-state index contributed by atoms with van der Waals surface area (Å²) in [6, 6.07) is 7.60. The van der Waals surface area contributed by atoms with Gasteiger partial charge in [-0.1, -0.05) is 32.0 Å². The smallest absolute Gasteiger partial charge is 0.263 e. The Kier molecular flexibility index (Phi) is 7.08. The monoisotopic (exact) mass is 419 g/mol. The highest BCUT2D eigenvalue weighted by Gasteiger charge is 2.20. The summed E-state index contributed by atoms with van der Waals surface area (Å²) in [6.45, 7) is 8.95. The van der Waals surface area contributed by atoms with Crippen LogP contribution in [0.1, 0.15) is 32.1 Å². The van der Waals surface area contributed by atoms with Gasteiger partial charge in [0, 0.05) is 42.6 Å². The second-order valence-electron chi connectivity index (χ2n) is 8.04. The van der Waals surface area contributed by atoms with Gasteiger partial charge in [-0.05, 0) is 17.7 Å². The molecule has 2 heterocycles. The Morgan fingerprint density at radius 2 is 2.00 bits per heavy atom. The Hall–Kier alpha value is -2.19. The number of thioether (sulfide) groups is 1. The molecule has 3 rings (SSSR count). The average Bonchev–Trinajstić information content (AvgIpc) is 3.16. The lowest BCUT2D eigenvalue weighted by atomic mass is 9.93. The predicted octanol–water partition coefficient (Wildman–Crippen LogP) is 3.55. The Balaban J connectivity index is 1.58. The second-order valence-corrected chi connectivity index (χ2v) is 9.26. The molecule has 0 radical (unpaired) electrons. The third kappa shape index (κ3) is 6.14. The summed E-state index contributed by atoms with van der Waals surface area (Å²) < 4.78 is 16.4. The number of anilines is 1. The molecule has 1 aromatic heterocycles. The van der Waals surface area contributed by atoms with Gasteiger partial charge in [0.2, 0.25) is 0 Å². The first-order valence-electron chi connectivity index (χ1n) is 9.72. The zero-order valence-electron chi connectivity index (χ0n) is 17.5. The number of carbonyl (C=O) groups excluding carboxylic acids is 1. The van der Waals surface area contributed by atoms with Gasteiger partial charge in [-0.15, -0.1) is 0 Å². The summed E-state index contributed by atoms with van der Waals surface area (Å²) in [6.07, 6.45) is 0. The van der Waals surface area contributed by atoms with Crippen LogP contribution in [0.15, 0.2) is 28.8 Å². The molecule has 1 N–H and O–H groups in total. The molecular weight excluding hydrogens is 390 g/mol. The predicted molar refractivity (Wildman–Crippen MR) is 115 cm³/mol. The fraction of sp³-hybridized carbons (Fsp3) is 0.524. The number of nitrogens with one attached hydrogen (secondary N) is 1. The van der Waals surface area contributed by atoms with Crippen LogP contribution in [0.5, 0.6) is 11.5 Å². The molecule has 7 nitrogen and oxygen atoms in total. The van der Waals surface area contributed by atoms with Gasteiger partial charge >= 0.3 is 0 Å². The van der Waals surface area contributed by atoms with Crippen LogP contribution in [0.2, 0.25) is 0 Å². The van der Waals surface area contributed by atoms with Crippen LogP contribution in [0.4, 0.5) is 5.82 Å². The summed E-state index contributed by atoms with van der Waals surface area (Å²) >= 11 is 1.99. The number of carbonyl (C=O) groups is 1. The lowest BCUT2D eigenvalue weighted by Gasteiger charge is -2.26. The van der Waals surface area contributed by atoms with E-state index in [1.165, 1.54) is 11.5 Å². The molecule has 1 fully saturated rings. The van der Waals surface area contributed by atoms with Crippen molar-refractivity contribution in [2.45, 2.75) is 32.7 Å². The van der Waals surface area contributed by atoms with Crippen molar-refractivity contribution < 1.29 is 18.8 Å². The van der Waals surface area contributed by atoms with E-state index in [4.69, 9.17) is 14.0 Å². The maximum Gasteiger partial charge on any atom is 0.263 e. The summed E-state index contributed by atoms with van der Waals surface area (Å²) in [4.78, 5) is 14.7. The third-order valence-corrected chi connectivity index (χ3v) is 5.56. The van der Waals surface area contributed by atoms with E-state index < -0.39 is 0 Å². The number of rotatable bonds is 7. The van der Waals surface area contributed by atoms with Gasteiger partial charge in [0.05, 0.1) is 7.11 Å². The molecule has 0 bridgehead atoms. The normalized spacial score (nSPS) is 15.2. The molecule has 0 aliphatic carbocycles. The molecular formula is C21H29N3O4S. The number of nitrogens with zero attached hydrogens (tertiary/aromatic N) is 2. The van der Waals surface area contributed by atoms with Crippen molar-refractivity contribution in [1.82, 2.24) is 10.1 Å². The number of methoxy groups -OCH3 is 1. The number of amides is 1. The van der Waals surface area contributed by atoms with Crippen molar-refractivity contribution in [1.29, 1.82) is 0 Å². The van der Waals surface area contributed by atoms with Crippen molar-refractivity contribution in [3.05, 3.63) is 35.6 Å². The Labute approximate surface area is 176 Å². The lowest BCUT2D eigenvalue weighted by molar-refractivity contribution is -0.118. The lowest BCUT2D eigenvalue weighted by Crippen LogP contribution is -2.31. The van der Waals surface area contributed by atoms with Crippen molar-refractivity contribution in [3.63, 3.8) is 0 Å². The Morgan fingerprint density at radius 1 is 1.24 bits per heavy atom. The standard InChI is InChI=1S/C21H29N3O4S/c1-21(2,3)18-12-19(23-28-18)22-20(25)14-27-17-11-15(5-6-16(17)26-4)13-24-7-9-29-10-8-24/h5-6,11-12H,7-10,13-14H2,1-4H3,(H,22,23,25). The summed E-state index contributed by atoms with van der Waals surface area (Å²) in [5, 5.41) is 6.60. The number of aromatic nitrogens is 1. The molecule has 1 aliphatic heterocycles. The zero-order valence-corrected chi connectivity index (χ0v) is 18.3. The van der Waals surface area contributed by atoms with Gasteiger partial charge in [0.25, 0.3) is 5.91 Å². The van der Waals surface area contributed by atoms with E-state index in [0.717, 1.165) is 25.2 Å². The summed E-state index contributed by atoms with van der Waals surface area (Å²) in [7, 11) is 1.59. The molecule has 0 unspecified atom stereocenters. The fourth-order valence-corrected chi connectivity index (χ4v) is 3.94. The van der Waals surface area contributed by atoms with E-state index >= 15 is 0 Å². The topological polar surface area (TPSA) is 76.8 Å². The van der Waals surface area contributed by atoms with Crippen LogP contribution >= 0.6 is 11.8 Å². The highest BCUT2D eigenvalue weighted by Crippen LogP contribution is 2.29. The van der Waals surface area contributed by atoms with E-state index in [2.05, 4.69) is 15.4 Å². The molecule has 1 aliphatic rings. The molecule has 0 spiro atoms. The first-order valence-corrected chi connectivity index (χ1v) is 10.9. The largest absolute Gasteiger partial charge is 0.493 e. The van der Waals surface area contributed by atoms with Crippen molar-refractivity contribution in [2.75, 3.05) is 43.6 Å². The van der Waals surface area contributed by atoms with E-state index in [1.54, 1.807) is 13.2 Å². The zero-order chi connectivity index (χ0) is 20.9. The molecule has 8 heteroatoms. The van der Waals surface area contributed by atoms with Crippen LogP contribution < -0.4 is 14.8 Å². The quantitative estimate of drug-likeness (QED) is 0.735. The Bertz CT molecular complexity index is 826. The van der Waals surface area contributed by atoms with Gasteiger partial charge < -0.3 is 19.3 Å². The summed E-state index contributed by atoms with van der Waals surface area (Å²) in [5.41, 5.74) is 0.965. The maximum absolute atomic E-state index is 12.3. The molecule has 0 saturated carbocycles. The van der Waals surface area contributed by atoms with Gasteiger partial charge in [-0.2, -0.15) is 11.8 Å². The average molecular weight is 420 g/mol. The van der Waals surface area contributed by atoms with E-state index in [1.807, 2.05) is 50.7 Å². The van der Waals surface area contributed by atoms with E-state index in [9.17, 15) is 4.79 Å². The van der Waals surface area contributed by atoms with E-state index in [0.29, 0.717) is 23.1 Å². The van der Waals surface area contributed by atoms with Gasteiger partial charge in [-0.3, -0.25) is 9.69 Å². The molecule has 1 aromatic carbocycles. The highest BCUT2D eigenvalue weighted by atomic mass is 32.2. The van der Waals surface area contributed by atoms with Crippen molar-refractivity contribution in [3.8, 4) is 11.5 Å². The SMILES string of the molecule is COc1ccc(CN2CCSCC2)cc1OCC(=O)Nc1cc(C(C)(C)C)on1. The van der Waals surface area contributed by atoms with Crippen LogP contribution in [0, 0.1) is 0 Å². The van der Waals surface area contributed by atoms with Gasteiger partial charge in [-0.25, -0.2) is 0 Å². The van der Waals surface area contributed by atoms with Crippen LogP contribution in [0.25, 0.3) is 0 Å². The van der Waals surface area contributed by atoms with E-state index in [-0.39, 0.29) is 17.9 Å². The first-order chi connectivity index (χ1) is 13.8. The number of hydrogen-bond donors (Lipinski definition) is 1. The van der Waals surface area contributed by atoms with Crippen molar-refractivity contribution in [2.24, 2.45) is 0 Å². The molecule has 1 amide bonds. The van der Waals surface area contributed by atoms with Gasteiger partial charge in [0.1, 0.15) is 5.76 Å². The number of ether oxygens (including phenoxy) is 2. The molecule has 29 heavy (non-hydrogen) atoms. The van der Waals surface area contributed by atoms with Crippen molar-refractivity contribution >= 4 is 23.5 Å². The summed E-state index contributed by atoms with van der Waals surface area (Å²) in [5.74, 6) is 4.28. The molecule has 0 atom stereocenters. The Morgan fingerprint density at radius 3 is 2.66 bits per heavy atom. The van der Waals surface area contributed by atoms with Crippen LogP contribution in [-0.2, 0) is 16.8 Å². The number of benzene rings is 1. The minimum absolute atomic E-state index is 0.141. The number of hydrogen-bond acceptors (Lipinski definition) is 7. The maximum atomic E-state index is 12.3. The minimum Gasteiger partial charge on any atom is -0.493 e. The van der Waals surface area contributed by atoms with Crippen LogP contribution in [0.3, 0.4) is 0 Å². The van der Waals surface area contributed by atoms with Crippen LogP contribution in [-0.4, -0.2) is 54.3 Å². The highest BCUT2D eigenvalue weighted by molar-refractivity contribution is 7.99. The molecule has 2 aromatic rings. The van der Waals surface area contributed by atoms with Gasteiger partial charge in [0.15, 0.2) is 23.9 Å². The second kappa shape index (κ2) is 9.54. The third-order valence-electron chi connectivity index (χ3n) is 4.61.